The number of anilines is 1. The van der Waals surface area contributed by atoms with E-state index >= 15 is 0 Å². The average Bonchev–Trinajstić information content (AvgIpc) is 2.84. The number of carbonyl (C=O) groups is 2. The maximum absolute atomic E-state index is 13.1. The van der Waals surface area contributed by atoms with Crippen molar-refractivity contribution in [3.05, 3.63) is 94.9 Å². The van der Waals surface area contributed by atoms with Crippen molar-refractivity contribution in [3.8, 4) is 11.4 Å². The van der Waals surface area contributed by atoms with E-state index < -0.39 is 5.91 Å². The SMILES string of the molecule is CN(C)C(=O)COc1ccc(NC(=O)c2nn(-c3ccccc3)c(=O)c3ccccc23)cc1. The van der Waals surface area contributed by atoms with Crippen LogP contribution in [0.2, 0.25) is 0 Å². The van der Waals surface area contributed by atoms with Crippen LogP contribution in [0, 0.1) is 0 Å². The van der Waals surface area contributed by atoms with Gasteiger partial charge >= 0.3 is 0 Å². The molecule has 0 aliphatic carbocycles. The Morgan fingerprint density at radius 3 is 2.21 bits per heavy atom. The molecule has 0 radical (unpaired) electrons. The Kier molecular flexibility index (Phi) is 6.17. The molecule has 0 spiro atoms. The van der Waals surface area contributed by atoms with Crippen molar-refractivity contribution in [3.63, 3.8) is 0 Å². The lowest BCUT2D eigenvalue weighted by molar-refractivity contribution is -0.130. The van der Waals surface area contributed by atoms with Crippen LogP contribution in [-0.2, 0) is 4.79 Å². The third-order valence-corrected chi connectivity index (χ3v) is 4.99. The van der Waals surface area contributed by atoms with Crippen molar-refractivity contribution in [2.45, 2.75) is 0 Å². The van der Waals surface area contributed by atoms with Gasteiger partial charge in [-0.25, -0.2) is 0 Å². The molecular formula is C25H22N4O4. The number of carbonyl (C=O) groups excluding carboxylic acids is 2. The lowest BCUT2D eigenvalue weighted by atomic mass is 10.1. The summed E-state index contributed by atoms with van der Waals surface area (Å²) in [7, 11) is 3.31. The number of rotatable bonds is 6. The number of benzene rings is 3. The molecule has 0 atom stereocenters. The molecular weight excluding hydrogens is 420 g/mol. The Balaban J connectivity index is 1.61. The first-order chi connectivity index (χ1) is 15.9. The van der Waals surface area contributed by atoms with Crippen LogP contribution >= 0.6 is 0 Å². The molecule has 3 aromatic carbocycles. The predicted octanol–water partition coefficient (Wildman–Crippen LogP) is 3.11. The van der Waals surface area contributed by atoms with Crippen LogP contribution < -0.4 is 15.6 Å². The van der Waals surface area contributed by atoms with E-state index in [-0.39, 0.29) is 23.8 Å². The Bertz CT molecular complexity index is 1360. The minimum Gasteiger partial charge on any atom is -0.484 e. The largest absolute Gasteiger partial charge is 0.484 e. The highest BCUT2D eigenvalue weighted by atomic mass is 16.5. The first kappa shape index (κ1) is 21.8. The number of hydrogen-bond acceptors (Lipinski definition) is 5. The van der Waals surface area contributed by atoms with Gasteiger partial charge in [0.1, 0.15) is 5.75 Å². The van der Waals surface area contributed by atoms with Crippen LogP contribution in [0.1, 0.15) is 10.5 Å². The van der Waals surface area contributed by atoms with E-state index in [1.165, 1.54) is 9.58 Å². The van der Waals surface area contributed by atoms with E-state index in [0.29, 0.717) is 27.9 Å². The number of hydrogen-bond donors (Lipinski definition) is 1. The first-order valence-electron chi connectivity index (χ1n) is 10.3. The summed E-state index contributed by atoms with van der Waals surface area (Å²) in [6.07, 6.45) is 0. The molecule has 0 aliphatic heterocycles. The van der Waals surface area contributed by atoms with Gasteiger partial charge in [0.15, 0.2) is 12.3 Å². The Labute approximate surface area is 190 Å². The van der Waals surface area contributed by atoms with Crippen LogP contribution in [0.3, 0.4) is 0 Å². The fourth-order valence-electron chi connectivity index (χ4n) is 3.20. The second-order valence-corrected chi connectivity index (χ2v) is 7.50. The summed E-state index contributed by atoms with van der Waals surface area (Å²) in [5.41, 5.74) is 0.916. The number of amides is 2. The smallest absolute Gasteiger partial charge is 0.279 e. The third kappa shape index (κ3) is 4.74. The molecule has 0 aliphatic rings. The van der Waals surface area contributed by atoms with E-state index in [1.54, 1.807) is 86.9 Å². The zero-order chi connectivity index (χ0) is 23.4. The number of likely N-dealkylation sites (N-methyl/N-ethyl adjacent to an activating group) is 1. The van der Waals surface area contributed by atoms with Gasteiger partial charge in [-0.3, -0.25) is 14.4 Å². The van der Waals surface area contributed by atoms with Crippen molar-refractivity contribution in [2.75, 3.05) is 26.0 Å². The molecule has 33 heavy (non-hydrogen) atoms. The molecule has 0 saturated heterocycles. The van der Waals surface area contributed by atoms with Gasteiger partial charge in [0, 0.05) is 25.2 Å². The molecule has 8 nitrogen and oxygen atoms in total. The maximum Gasteiger partial charge on any atom is 0.279 e. The lowest BCUT2D eigenvalue weighted by Crippen LogP contribution is -2.27. The summed E-state index contributed by atoms with van der Waals surface area (Å²) in [4.78, 5) is 39.2. The summed E-state index contributed by atoms with van der Waals surface area (Å²) in [5, 5.41) is 8.05. The first-order valence-corrected chi connectivity index (χ1v) is 10.3. The zero-order valence-electron chi connectivity index (χ0n) is 18.2. The molecule has 8 heteroatoms. The van der Waals surface area contributed by atoms with Gasteiger partial charge in [-0.1, -0.05) is 36.4 Å². The molecule has 0 bridgehead atoms. The topological polar surface area (TPSA) is 93.5 Å². The van der Waals surface area contributed by atoms with Crippen LogP contribution in [0.25, 0.3) is 16.5 Å². The molecule has 4 rings (SSSR count). The molecule has 0 fully saturated rings. The van der Waals surface area contributed by atoms with Crippen molar-refractivity contribution < 1.29 is 14.3 Å². The Morgan fingerprint density at radius 2 is 1.55 bits per heavy atom. The number of nitrogens with one attached hydrogen (secondary N) is 1. The summed E-state index contributed by atoms with van der Waals surface area (Å²) >= 11 is 0. The van der Waals surface area contributed by atoms with E-state index in [0.717, 1.165) is 0 Å². The second kappa shape index (κ2) is 9.35. The molecule has 166 valence electrons. The van der Waals surface area contributed by atoms with Crippen molar-refractivity contribution in [2.24, 2.45) is 0 Å². The number of aromatic nitrogens is 2. The van der Waals surface area contributed by atoms with Crippen LogP contribution in [0.5, 0.6) is 5.75 Å². The normalized spacial score (nSPS) is 10.6. The van der Waals surface area contributed by atoms with Crippen molar-refractivity contribution >= 4 is 28.3 Å². The van der Waals surface area contributed by atoms with Crippen molar-refractivity contribution in [1.29, 1.82) is 0 Å². The second-order valence-electron chi connectivity index (χ2n) is 7.50. The highest BCUT2D eigenvalue weighted by Crippen LogP contribution is 2.19. The summed E-state index contributed by atoms with van der Waals surface area (Å²) in [5.74, 6) is -0.101. The molecule has 2 amide bonds. The predicted molar refractivity (Wildman–Crippen MR) is 126 cm³/mol. The van der Waals surface area contributed by atoms with E-state index in [4.69, 9.17) is 4.74 Å². The molecule has 4 aromatic rings. The molecule has 1 N–H and O–H groups in total. The van der Waals surface area contributed by atoms with Gasteiger partial charge in [-0.15, -0.1) is 0 Å². The zero-order valence-corrected chi connectivity index (χ0v) is 18.2. The maximum atomic E-state index is 13.1. The minimum atomic E-state index is -0.452. The number of para-hydroxylation sites is 1. The number of nitrogens with zero attached hydrogens (tertiary/aromatic N) is 3. The van der Waals surface area contributed by atoms with Gasteiger partial charge in [0.25, 0.3) is 17.4 Å². The molecule has 0 unspecified atom stereocenters. The fraction of sp³-hybridized carbons (Fsp3) is 0.120. The Hall–Kier alpha value is -4.46. The van der Waals surface area contributed by atoms with Crippen LogP contribution in [-0.4, -0.2) is 47.2 Å². The standard InChI is InChI=1S/C25H22N4O4/c1-28(2)22(30)16-33-19-14-12-17(13-15-19)26-24(31)23-20-10-6-7-11-21(20)25(32)29(27-23)18-8-4-3-5-9-18/h3-15H,16H2,1-2H3,(H,26,31). The molecule has 1 heterocycles. The van der Waals surface area contributed by atoms with E-state index in [9.17, 15) is 14.4 Å². The van der Waals surface area contributed by atoms with Crippen molar-refractivity contribution in [1.82, 2.24) is 14.7 Å². The summed E-state index contributed by atoms with van der Waals surface area (Å²) in [6, 6.07) is 22.5. The highest BCUT2D eigenvalue weighted by Gasteiger charge is 2.17. The number of ether oxygens (including phenoxy) is 1. The van der Waals surface area contributed by atoms with Gasteiger partial charge in [-0.2, -0.15) is 9.78 Å². The third-order valence-electron chi connectivity index (χ3n) is 4.99. The van der Waals surface area contributed by atoms with Gasteiger partial charge in [-0.05, 0) is 42.5 Å². The van der Waals surface area contributed by atoms with E-state index in [2.05, 4.69) is 10.4 Å². The average molecular weight is 442 g/mol. The molecule has 0 saturated carbocycles. The molecule has 1 aromatic heterocycles. The fourth-order valence-corrected chi connectivity index (χ4v) is 3.20. The van der Waals surface area contributed by atoms with E-state index in [1.807, 2.05) is 6.07 Å². The summed E-state index contributed by atoms with van der Waals surface area (Å²) < 4.78 is 6.69. The highest BCUT2D eigenvalue weighted by molar-refractivity contribution is 6.11. The summed E-state index contributed by atoms with van der Waals surface area (Å²) in [6.45, 7) is -0.0738. The minimum absolute atomic E-state index is 0.0738. The van der Waals surface area contributed by atoms with Gasteiger partial charge in [0.2, 0.25) is 0 Å². The quantitative estimate of drug-likeness (QED) is 0.495. The van der Waals surface area contributed by atoms with Gasteiger partial charge in [0.05, 0.1) is 11.1 Å². The van der Waals surface area contributed by atoms with Crippen LogP contribution in [0.4, 0.5) is 5.69 Å². The number of fused-ring (bicyclic) bond motifs is 1. The lowest BCUT2D eigenvalue weighted by Gasteiger charge is -2.13. The van der Waals surface area contributed by atoms with Gasteiger partial charge < -0.3 is 15.0 Å². The van der Waals surface area contributed by atoms with Crippen LogP contribution in [0.15, 0.2) is 83.7 Å². The Morgan fingerprint density at radius 1 is 0.909 bits per heavy atom. The monoisotopic (exact) mass is 442 g/mol.